The largest absolute Gasteiger partial charge is 0.497 e. The molecule has 9 heteroatoms. The highest BCUT2D eigenvalue weighted by molar-refractivity contribution is 7.89. The lowest BCUT2D eigenvalue weighted by Crippen LogP contribution is -2.32. The van der Waals surface area contributed by atoms with Gasteiger partial charge in [-0.3, -0.25) is 4.79 Å². The summed E-state index contributed by atoms with van der Waals surface area (Å²) in [6, 6.07) is 19.0. The Bertz CT molecular complexity index is 1560. The zero-order chi connectivity index (χ0) is 24.6. The Kier molecular flexibility index (Phi) is 5.96. The molecule has 1 aliphatic heterocycles. The second-order valence-corrected chi connectivity index (χ2v) is 10.3. The third-order valence-electron chi connectivity index (χ3n) is 5.92. The summed E-state index contributed by atoms with van der Waals surface area (Å²) in [4.78, 5) is 15.9. The maximum Gasteiger partial charge on any atom is 0.252 e. The van der Waals surface area contributed by atoms with Crippen LogP contribution in [0.2, 0.25) is 0 Å². The van der Waals surface area contributed by atoms with E-state index in [1.54, 1.807) is 36.4 Å². The van der Waals surface area contributed by atoms with Crippen LogP contribution in [0.15, 0.2) is 76.4 Å². The molecule has 4 aromatic rings. The Morgan fingerprint density at radius 2 is 1.71 bits per heavy atom. The van der Waals surface area contributed by atoms with Gasteiger partial charge in [0.25, 0.3) is 5.56 Å². The predicted octanol–water partition coefficient (Wildman–Crippen LogP) is 3.96. The van der Waals surface area contributed by atoms with Crippen LogP contribution in [0.3, 0.4) is 0 Å². The van der Waals surface area contributed by atoms with Crippen molar-refractivity contribution < 1.29 is 22.6 Å². The molecule has 3 aromatic carbocycles. The summed E-state index contributed by atoms with van der Waals surface area (Å²) in [7, 11) is -2.44. The molecule has 0 spiro atoms. The molecule has 1 N–H and O–H groups in total. The first-order chi connectivity index (χ1) is 16.8. The van der Waals surface area contributed by atoms with E-state index in [-0.39, 0.29) is 30.3 Å². The van der Waals surface area contributed by atoms with Crippen molar-refractivity contribution in [1.82, 2.24) is 9.29 Å². The van der Waals surface area contributed by atoms with Gasteiger partial charge < -0.3 is 19.2 Å². The first-order valence-corrected chi connectivity index (χ1v) is 12.4. The number of aromatic nitrogens is 1. The molecular formula is C26H24N2O6S. The number of fused-ring (bicyclic) bond motifs is 2. The Hall–Kier alpha value is -3.82. The van der Waals surface area contributed by atoms with Gasteiger partial charge in [0.1, 0.15) is 5.75 Å². The summed E-state index contributed by atoms with van der Waals surface area (Å²) in [5.74, 6) is 1.72. The molecule has 0 saturated carbocycles. The summed E-state index contributed by atoms with van der Waals surface area (Å²) in [5, 5.41) is 0.829. The fourth-order valence-corrected chi connectivity index (χ4v) is 5.44. The standard InChI is InChI=1S/C26H24N2O6S/c1-17-3-5-19-13-20(26(29)27-23(19)11-17)15-28(14-18-4-10-24-25(12-18)34-16-33-24)35(30,31)22-8-6-21(32-2)7-9-22/h3-13H,14-16H2,1-2H3,(H,27,29). The summed E-state index contributed by atoms with van der Waals surface area (Å²) in [6.45, 7) is 2.00. The van der Waals surface area contributed by atoms with Gasteiger partial charge in [-0.05, 0) is 72.0 Å². The van der Waals surface area contributed by atoms with Crippen LogP contribution < -0.4 is 19.8 Å². The average Bonchev–Trinajstić information content (AvgIpc) is 3.32. The first-order valence-electron chi connectivity index (χ1n) is 11.0. The van der Waals surface area contributed by atoms with E-state index in [1.165, 1.54) is 23.5 Å². The lowest BCUT2D eigenvalue weighted by atomic mass is 10.1. The minimum Gasteiger partial charge on any atom is -0.497 e. The van der Waals surface area contributed by atoms with Crippen LogP contribution in [0.25, 0.3) is 10.9 Å². The van der Waals surface area contributed by atoms with Gasteiger partial charge in [0.15, 0.2) is 11.5 Å². The molecule has 1 aliphatic rings. The number of aryl methyl sites for hydroxylation is 1. The van der Waals surface area contributed by atoms with Crippen molar-refractivity contribution in [3.8, 4) is 17.2 Å². The molecule has 0 aliphatic carbocycles. The Morgan fingerprint density at radius 3 is 2.49 bits per heavy atom. The Morgan fingerprint density at radius 1 is 0.943 bits per heavy atom. The summed E-state index contributed by atoms with van der Waals surface area (Å²) < 4.78 is 44.7. The maximum absolute atomic E-state index is 13.7. The van der Waals surface area contributed by atoms with Crippen LogP contribution in [0.5, 0.6) is 17.2 Å². The van der Waals surface area contributed by atoms with Crippen LogP contribution in [0.1, 0.15) is 16.7 Å². The molecule has 35 heavy (non-hydrogen) atoms. The van der Waals surface area contributed by atoms with Crippen molar-refractivity contribution in [2.75, 3.05) is 13.9 Å². The molecule has 0 saturated heterocycles. The maximum atomic E-state index is 13.7. The first kappa shape index (κ1) is 22.9. The van der Waals surface area contributed by atoms with E-state index in [0.29, 0.717) is 33.9 Å². The van der Waals surface area contributed by atoms with Gasteiger partial charge in [0.2, 0.25) is 16.8 Å². The number of aromatic amines is 1. The van der Waals surface area contributed by atoms with E-state index < -0.39 is 10.0 Å². The van der Waals surface area contributed by atoms with Crippen molar-refractivity contribution >= 4 is 20.9 Å². The lowest BCUT2D eigenvalue weighted by Gasteiger charge is -2.23. The molecule has 0 fully saturated rings. The van der Waals surface area contributed by atoms with Crippen LogP contribution in [0, 0.1) is 6.92 Å². The van der Waals surface area contributed by atoms with Gasteiger partial charge in [-0.1, -0.05) is 18.2 Å². The predicted molar refractivity (Wildman–Crippen MR) is 131 cm³/mol. The highest BCUT2D eigenvalue weighted by atomic mass is 32.2. The number of ether oxygens (including phenoxy) is 3. The fraction of sp³-hybridized carbons (Fsp3) is 0.192. The summed E-state index contributed by atoms with van der Waals surface area (Å²) in [5.41, 5.74) is 2.45. The molecule has 0 radical (unpaired) electrons. The van der Waals surface area contributed by atoms with Crippen molar-refractivity contribution in [3.05, 3.63) is 93.8 Å². The van der Waals surface area contributed by atoms with Gasteiger partial charge >= 0.3 is 0 Å². The van der Waals surface area contributed by atoms with Crippen LogP contribution >= 0.6 is 0 Å². The number of hydrogen-bond acceptors (Lipinski definition) is 6. The molecule has 0 atom stereocenters. The molecule has 8 nitrogen and oxygen atoms in total. The van der Waals surface area contributed by atoms with Gasteiger partial charge in [-0.25, -0.2) is 8.42 Å². The van der Waals surface area contributed by atoms with Gasteiger partial charge in [-0.15, -0.1) is 0 Å². The van der Waals surface area contributed by atoms with Crippen molar-refractivity contribution in [3.63, 3.8) is 0 Å². The molecule has 1 aromatic heterocycles. The highest BCUT2D eigenvalue weighted by Gasteiger charge is 2.27. The van der Waals surface area contributed by atoms with Gasteiger partial charge in [-0.2, -0.15) is 4.31 Å². The number of H-pyrrole nitrogens is 1. The Balaban J connectivity index is 1.55. The van der Waals surface area contributed by atoms with Crippen molar-refractivity contribution in [1.29, 1.82) is 0 Å². The SMILES string of the molecule is COc1ccc(S(=O)(=O)N(Cc2ccc3c(c2)OCO3)Cc2cc3ccc(C)cc3[nH]c2=O)cc1. The van der Waals surface area contributed by atoms with Gasteiger partial charge in [0.05, 0.1) is 12.0 Å². The van der Waals surface area contributed by atoms with Crippen molar-refractivity contribution in [2.45, 2.75) is 24.9 Å². The zero-order valence-corrected chi connectivity index (χ0v) is 20.1. The number of nitrogens with one attached hydrogen (secondary N) is 1. The van der Waals surface area contributed by atoms with E-state index >= 15 is 0 Å². The number of hydrogen-bond donors (Lipinski definition) is 1. The number of pyridine rings is 1. The lowest BCUT2D eigenvalue weighted by molar-refractivity contribution is 0.174. The average molecular weight is 493 g/mol. The topological polar surface area (TPSA) is 97.9 Å². The van der Waals surface area contributed by atoms with Crippen LogP contribution in [-0.4, -0.2) is 31.6 Å². The summed E-state index contributed by atoms with van der Waals surface area (Å²) in [6.07, 6.45) is 0. The third kappa shape index (κ3) is 4.60. The van der Waals surface area contributed by atoms with E-state index in [4.69, 9.17) is 14.2 Å². The van der Waals surface area contributed by atoms with E-state index in [1.807, 2.05) is 25.1 Å². The molecule has 180 valence electrons. The smallest absolute Gasteiger partial charge is 0.252 e. The third-order valence-corrected chi connectivity index (χ3v) is 7.72. The molecule has 5 rings (SSSR count). The molecule has 0 amide bonds. The normalized spacial score (nSPS) is 12.9. The highest BCUT2D eigenvalue weighted by Crippen LogP contribution is 2.33. The molecule has 2 heterocycles. The minimum atomic E-state index is -3.96. The van der Waals surface area contributed by atoms with Gasteiger partial charge in [0, 0.05) is 24.2 Å². The number of rotatable bonds is 7. The van der Waals surface area contributed by atoms with Crippen LogP contribution in [0.4, 0.5) is 0 Å². The number of methoxy groups -OCH3 is 1. The fourth-order valence-electron chi connectivity index (χ4n) is 4.03. The van der Waals surface area contributed by atoms with Crippen LogP contribution in [-0.2, 0) is 23.1 Å². The molecule has 0 bridgehead atoms. The molecule has 0 unspecified atom stereocenters. The number of sulfonamides is 1. The van der Waals surface area contributed by atoms with E-state index in [2.05, 4.69) is 4.98 Å². The van der Waals surface area contributed by atoms with E-state index in [0.717, 1.165) is 10.9 Å². The monoisotopic (exact) mass is 492 g/mol. The minimum absolute atomic E-state index is 0.0381. The number of nitrogens with zero attached hydrogens (tertiary/aromatic N) is 1. The molecular weight excluding hydrogens is 468 g/mol. The Labute approximate surface area is 202 Å². The van der Waals surface area contributed by atoms with Crippen molar-refractivity contribution in [2.24, 2.45) is 0 Å². The second kappa shape index (κ2) is 9.09. The second-order valence-electron chi connectivity index (χ2n) is 8.35. The number of benzene rings is 3. The summed E-state index contributed by atoms with van der Waals surface area (Å²) >= 11 is 0. The van der Waals surface area contributed by atoms with E-state index in [9.17, 15) is 13.2 Å². The quantitative estimate of drug-likeness (QED) is 0.419. The zero-order valence-electron chi connectivity index (χ0n) is 19.3.